The summed E-state index contributed by atoms with van der Waals surface area (Å²) in [4.78, 5) is 27.2. The maximum atomic E-state index is 13.3. The van der Waals surface area contributed by atoms with Crippen molar-refractivity contribution in [3.05, 3.63) is 64.7 Å². The molecule has 0 fully saturated rings. The van der Waals surface area contributed by atoms with Crippen LogP contribution >= 0.6 is 11.6 Å². The summed E-state index contributed by atoms with van der Waals surface area (Å²) in [6.07, 6.45) is 1.02. The number of amides is 2. The summed E-state index contributed by atoms with van der Waals surface area (Å²) in [5.74, 6) is -0.823. The summed E-state index contributed by atoms with van der Waals surface area (Å²) >= 11 is 6.19. The minimum absolute atomic E-state index is 0.164. The van der Waals surface area contributed by atoms with Crippen molar-refractivity contribution in [2.75, 3.05) is 23.7 Å². The summed E-state index contributed by atoms with van der Waals surface area (Å²) in [7, 11) is -3.80. The van der Waals surface area contributed by atoms with Gasteiger partial charge in [-0.05, 0) is 38.5 Å². The predicted molar refractivity (Wildman–Crippen MR) is 124 cm³/mol. The Bertz CT molecular complexity index is 1030. The zero-order valence-electron chi connectivity index (χ0n) is 18.1. The number of aryl methyl sites for hydroxylation is 1. The molecule has 2 rings (SSSR count). The monoisotopic (exact) mass is 465 g/mol. The van der Waals surface area contributed by atoms with E-state index in [1.165, 1.54) is 11.0 Å². The Kier molecular flexibility index (Phi) is 8.47. The van der Waals surface area contributed by atoms with Gasteiger partial charge in [0, 0.05) is 13.1 Å². The number of rotatable bonds is 9. The van der Waals surface area contributed by atoms with Crippen molar-refractivity contribution in [1.29, 1.82) is 0 Å². The van der Waals surface area contributed by atoms with Crippen LogP contribution in [0.1, 0.15) is 25.0 Å². The van der Waals surface area contributed by atoms with E-state index in [9.17, 15) is 18.0 Å². The Morgan fingerprint density at radius 3 is 2.26 bits per heavy atom. The van der Waals surface area contributed by atoms with Crippen LogP contribution in [0.5, 0.6) is 0 Å². The molecule has 0 aromatic heterocycles. The van der Waals surface area contributed by atoms with Crippen LogP contribution in [-0.4, -0.2) is 50.5 Å². The first-order chi connectivity index (χ1) is 14.5. The molecule has 31 heavy (non-hydrogen) atoms. The highest BCUT2D eigenvalue weighted by atomic mass is 35.5. The topological polar surface area (TPSA) is 86.8 Å². The van der Waals surface area contributed by atoms with Crippen molar-refractivity contribution in [3.8, 4) is 0 Å². The van der Waals surface area contributed by atoms with E-state index in [1.54, 1.807) is 32.0 Å². The lowest BCUT2D eigenvalue weighted by atomic mass is 10.1. The van der Waals surface area contributed by atoms with Crippen LogP contribution in [0, 0.1) is 6.92 Å². The van der Waals surface area contributed by atoms with Crippen molar-refractivity contribution in [3.63, 3.8) is 0 Å². The first-order valence-electron chi connectivity index (χ1n) is 9.89. The highest BCUT2D eigenvalue weighted by molar-refractivity contribution is 7.92. The molecule has 1 N–H and O–H groups in total. The zero-order chi connectivity index (χ0) is 23.2. The predicted octanol–water partition coefficient (Wildman–Crippen LogP) is 2.97. The van der Waals surface area contributed by atoms with Gasteiger partial charge in [0.25, 0.3) is 0 Å². The van der Waals surface area contributed by atoms with Gasteiger partial charge >= 0.3 is 0 Å². The van der Waals surface area contributed by atoms with Crippen LogP contribution in [0.25, 0.3) is 0 Å². The standard InChI is InChI=1S/C22H28ClN3O4S/c1-5-24-22(28)17(3)25(14-18-12-10-16(2)11-13-18)21(27)15-26(31(4,29)30)20-9-7-6-8-19(20)23/h6-13,17H,5,14-15H2,1-4H3,(H,24,28)/t17-/m0/s1. The Hall–Kier alpha value is -2.58. The maximum absolute atomic E-state index is 13.3. The minimum Gasteiger partial charge on any atom is -0.355 e. The molecule has 1 atom stereocenters. The van der Waals surface area contributed by atoms with Gasteiger partial charge in [-0.2, -0.15) is 0 Å². The Morgan fingerprint density at radius 2 is 1.71 bits per heavy atom. The zero-order valence-corrected chi connectivity index (χ0v) is 19.7. The van der Waals surface area contributed by atoms with Crippen LogP contribution in [0.3, 0.4) is 0 Å². The number of hydrogen-bond acceptors (Lipinski definition) is 4. The van der Waals surface area contributed by atoms with Crippen LogP contribution in [0.15, 0.2) is 48.5 Å². The molecule has 168 valence electrons. The SMILES string of the molecule is CCNC(=O)[C@H](C)N(Cc1ccc(C)cc1)C(=O)CN(c1ccccc1Cl)S(C)(=O)=O. The number of carbonyl (C=O) groups is 2. The number of likely N-dealkylation sites (N-methyl/N-ethyl adjacent to an activating group) is 1. The molecule has 9 heteroatoms. The third-order valence-corrected chi connectivity index (χ3v) is 6.24. The van der Waals surface area contributed by atoms with Gasteiger partial charge in [0.15, 0.2) is 0 Å². The number of halogens is 1. The van der Waals surface area contributed by atoms with Gasteiger partial charge < -0.3 is 10.2 Å². The van der Waals surface area contributed by atoms with E-state index in [2.05, 4.69) is 5.32 Å². The van der Waals surface area contributed by atoms with Crippen LogP contribution in [0.4, 0.5) is 5.69 Å². The normalized spacial score (nSPS) is 12.2. The van der Waals surface area contributed by atoms with Gasteiger partial charge in [0.2, 0.25) is 21.8 Å². The molecule has 2 aromatic rings. The molecule has 0 aliphatic heterocycles. The lowest BCUT2D eigenvalue weighted by Gasteiger charge is -2.31. The quantitative estimate of drug-likeness (QED) is 0.616. The number of hydrogen-bond donors (Lipinski definition) is 1. The van der Waals surface area contributed by atoms with Gasteiger partial charge in [0.05, 0.1) is 17.0 Å². The highest BCUT2D eigenvalue weighted by Gasteiger charge is 2.30. The fourth-order valence-electron chi connectivity index (χ4n) is 3.04. The summed E-state index contributed by atoms with van der Waals surface area (Å²) in [5.41, 5.74) is 2.11. The van der Waals surface area contributed by atoms with Crippen molar-refractivity contribution in [2.45, 2.75) is 33.4 Å². The fraction of sp³-hybridized carbons (Fsp3) is 0.364. The summed E-state index contributed by atoms with van der Waals surface area (Å²) in [6.45, 7) is 5.48. The van der Waals surface area contributed by atoms with Gasteiger partial charge in [-0.1, -0.05) is 53.6 Å². The minimum atomic E-state index is -3.80. The second-order valence-electron chi connectivity index (χ2n) is 7.30. The largest absolute Gasteiger partial charge is 0.355 e. The highest BCUT2D eigenvalue weighted by Crippen LogP contribution is 2.27. The molecule has 2 aromatic carbocycles. The Labute approximate surface area is 189 Å². The summed E-state index contributed by atoms with van der Waals surface area (Å²) in [5, 5.41) is 2.92. The van der Waals surface area contributed by atoms with E-state index in [1.807, 2.05) is 31.2 Å². The molecule has 0 aliphatic rings. The van der Waals surface area contributed by atoms with Gasteiger partial charge in [0.1, 0.15) is 12.6 Å². The van der Waals surface area contributed by atoms with Crippen LogP contribution in [0.2, 0.25) is 5.02 Å². The molecule has 0 radical (unpaired) electrons. The molecule has 0 saturated heterocycles. The number of carbonyl (C=O) groups excluding carboxylic acids is 2. The molecule has 0 heterocycles. The second-order valence-corrected chi connectivity index (χ2v) is 9.61. The number of benzene rings is 2. The van der Waals surface area contributed by atoms with E-state index in [0.717, 1.165) is 21.7 Å². The summed E-state index contributed by atoms with van der Waals surface area (Å²) in [6, 6.07) is 13.2. The van der Waals surface area contributed by atoms with Crippen molar-refractivity contribution < 1.29 is 18.0 Å². The van der Waals surface area contributed by atoms with Crippen LogP contribution in [-0.2, 0) is 26.2 Å². The van der Waals surface area contributed by atoms with Crippen molar-refractivity contribution >= 4 is 39.1 Å². The fourth-order valence-corrected chi connectivity index (χ4v) is 4.19. The molecule has 7 nitrogen and oxygen atoms in total. The molecule has 0 aliphatic carbocycles. The number of nitrogens with one attached hydrogen (secondary N) is 1. The van der Waals surface area contributed by atoms with Gasteiger partial charge in [-0.3, -0.25) is 13.9 Å². The van der Waals surface area contributed by atoms with Crippen molar-refractivity contribution in [1.82, 2.24) is 10.2 Å². The first-order valence-corrected chi connectivity index (χ1v) is 12.1. The number of nitrogens with zero attached hydrogens (tertiary/aromatic N) is 2. The number of sulfonamides is 1. The van der Waals surface area contributed by atoms with E-state index in [-0.39, 0.29) is 23.2 Å². The van der Waals surface area contributed by atoms with E-state index >= 15 is 0 Å². The Morgan fingerprint density at radius 1 is 1.10 bits per heavy atom. The van der Waals surface area contributed by atoms with Gasteiger partial charge in [-0.25, -0.2) is 8.42 Å². The summed E-state index contributed by atoms with van der Waals surface area (Å²) < 4.78 is 25.9. The molecule has 2 amide bonds. The average Bonchev–Trinajstić information content (AvgIpc) is 2.71. The van der Waals surface area contributed by atoms with Crippen LogP contribution < -0.4 is 9.62 Å². The van der Waals surface area contributed by atoms with E-state index < -0.39 is 28.5 Å². The Balaban J connectivity index is 2.38. The molecule has 0 saturated carbocycles. The molecular formula is C22H28ClN3O4S. The smallest absolute Gasteiger partial charge is 0.244 e. The average molecular weight is 466 g/mol. The van der Waals surface area contributed by atoms with Crippen molar-refractivity contribution in [2.24, 2.45) is 0 Å². The number of para-hydroxylation sites is 1. The third kappa shape index (κ3) is 6.70. The van der Waals surface area contributed by atoms with E-state index in [0.29, 0.717) is 6.54 Å². The lowest BCUT2D eigenvalue weighted by molar-refractivity contribution is -0.139. The molecule has 0 spiro atoms. The first kappa shape index (κ1) is 24.7. The number of anilines is 1. The van der Waals surface area contributed by atoms with E-state index in [4.69, 9.17) is 11.6 Å². The third-order valence-electron chi connectivity index (χ3n) is 4.79. The molecule has 0 bridgehead atoms. The van der Waals surface area contributed by atoms with Gasteiger partial charge in [-0.15, -0.1) is 0 Å². The molecular weight excluding hydrogens is 438 g/mol. The second kappa shape index (κ2) is 10.6. The maximum Gasteiger partial charge on any atom is 0.244 e. The molecule has 0 unspecified atom stereocenters. The lowest BCUT2D eigenvalue weighted by Crippen LogP contribution is -2.51.